The van der Waals surface area contributed by atoms with Gasteiger partial charge in [-0.15, -0.1) is 0 Å². The average molecular weight is 282 g/mol. The van der Waals surface area contributed by atoms with Crippen molar-refractivity contribution in [1.82, 2.24) is 0 Å². The van der Waals surface area contributed by atoms with E-state index in [1.54, 1.807) is 14.0 Å². The van der Waals surface area contributed by atoms with Gasteiger partial charge in [0.1, 0.15) is 5.75 Å². The molecule has 2 aromatic rings. The zero-order chi connectivity index (χ0) is 15.6. The van der Waals surface area contributed by atoms with Gasteiger partial charge in [-0.25, -0.2) is 0 Å². The Balaban J connectivity index is 2.52. The minimum atomic E-state index is 0.0934. The Morgan fingerprint density at radius 3 is 2.19 bits per heavy atom. The van der Waals surface area contributed by atoms with Gasteiger partial charge in [-0.3, -0.25) is 4.79 Å². The molecule has 0 aliphatic heterocycles. The van der Waals surface area contributed by atoms with E-state index in [1.807, 2.05) is 24.3 Å². The fourth-order valence-electron chi connectivity index (χ4n) is 2.52. The zero-order valence-corrected chi connectivity index (χ0v) is 13.4. The Kier molecular flexibility index (Phi) is 4.46. The van der Waals surface area contributed by atoms with Crippen molar-refractivity contribution < 1.29 is 9.53 Å². The summed E-state index contributed by atoms with van der Waals surface area (Å²) in [4.78, 5) is 11.4. The number of carbonyl (C=O) groups is 1. The van der Waals surface area contributed by atoms with Crippen molar-refractivity contribution in [3.63, 3.8) is 0 Å². The molecule has 0 N–H and O–H groups in total. The Morgan fingerprint density at radius 1 is 1.10 bits per heavy atom. The molecular formula is C19H22O2. The van der Waals surface area contributed by atoms with Gasteiger partial charge in [-0.05, 0) is 54.2 Å². The Bertz CT molecular complexity index is 652. The summed E-state index contributed by atoms with van der Waals surface area (Å²) in [6.45, 7) is 8.00. The highest BCUT2D eigenvalue weighted by molar-refractivity contribution is 5.94. The van der Waals surface area contributed by atoms with Crippen LogP contribution in [0.4, 0.5) is 0 Å². The smallest absolute Gasteiger partial charge is 0.159 e. The van der Waals surface area contributed by atoms with E-state index in [-0.39, 0.29) is 5.78 Å². The highest BCUT2D eigenvalue weighted by Gasteiger charge is 2.12. The summed E-state index contributed by atoms with van der Waals surface area (Å²) in [5.41, 5.74) is 5.44. The van der Waals surface area contributed by atoms with Gasteiger partial charge in [0.15, 0.2) is 5.78 Å². The maximum atomic E-state index is 11.4. The molecule has 0 radical (unpaired) electrons. The molecule has 0 saturated carbocycles. The second-order valence-corrected chi connectivity index (χ2v) is 5.70. The van der Waals surface area contributed by atoms with Gasteiger partial charge in [0.25, 0.3) is 0 Å². The lowest BCUT2D eigenvalue weighted by molar-refractivity contribution is 0.101. The second-order valence-electron chi connectivity index (χ2n) is 5.70. The number of rotatable bonds is 4. The van der Waals surface area contributed by atoms with E-state index >= 15 is 0 Å². The first-order valence-electron chi connectivity index (χ1n) is 7.24. The summed E-state index contributed by atoms with van der Waals surface area (Å²) in [5, 5.41) is 0. The standard InChI is InChI=1S/C19H22O2/c1-12(2)17-11-18(13(3)10-19(17)21-5)16-8-6-15(7-9-16)14(4)20/h6-12H,1-5H3. The van der Waals surface area contributed by atoms with Crippen molar-refractivity contribution in [3.05, 3.63) is 53.1 Å². The summed E-state index contributed by atoms with van der Waals surface area (Å²) in [7, 11) is 1.71. The Hall–Kier alpha value is -2.09. The molecule has 110 valence electrons. The summed E-state index contributed by atoms with van der Waals surface area (Å²) >= 11 is 0. The van der Waals surface area contributed by atoms with E-state index in [0.29, 0.717) is 5.92 Å². The fraction of sp³-hybridized carbons (Fsp3) is 0.316. The number of ketones is 1. The third kappa shape index (κ3) is 3.15. The monoisotopic (exact) mass is 282 g/mol. The van der Waals surface area contributed by atoms with Crippen molar-refractivity contribution in [2.24, 2.45) is 0 Å². The number of carbonyl (C=O) groups excluding carboxylic acids is 1. The minimum Gasteiger partial charge on any atom is -0.496 e. The van der Waals surface area contributed by atoms with E-state index < -0.39 is 0 Å². The number of methoxy groups -OCH3 is 1. The molecule has 0 atom stereocenters. The Morgan fingerprint density at radius 2 is 1.71 bits per heavy atom. The summed E-state index contributed by atoms with van der Waals surface area (Å²) in [6.07, 6.45) is 0. The minimum absolute atomic E-state index is 0.0934. The van der Waals surface area contributed by atoms with Crippen LogP contribution in [0.25, 0.3) is 11.1 Å². The molecule has 2 heteroatoms. The van der Waals surface area contributed by atoms with Gasteiger partial charge in [0.05, 0.1) is 7.11 Å². The van der Waals surface area contributed by atoms with Crippen molar-refractivity contribution in [1.29, 1.82) is 0 Å². The summed E-state index contributed by atoms with van der Waals surface area (Å²) in [5.74, 6) is 1.43. The first-order valence-corrected chi connectivity index (χ1v) is 7.24. The lowest BCUT2D eigenvalue weighted by atomic mass is 9.92. The van der Waals surface area contributed by atoms with Crippen LogP contribution in [0.1, 0.15) is 48.2 Å². The van der Waals surface area contributed by atoms with Crippen molar-refractivity contribution in [2.75, 3.05) is 7.11 Å². The maximum Gasteiger partial charge on any atom is 0.159 e. The van der Waals surface area contributed by atoms with Crippen LogP contribution in [0.2, 0.25) is 0 Å². The van der Waals surface area contributed by atoms with Gasteiger partial charge in [0, 0.05) is 5.56 Å². The van der Waals surface area contributed by atoms with E-state index in [0.717, 1.165) is 16.9 Å². The van der Waals surface area contributed by atoms with E-state index in [4.69, 9.17) is 4.74 Å². The third-order valence-electron chi connectivity index (χ3n) is 3.80. The number of hydrogen-bond donors (Lipinski definition) is 0. The third-order valence-corrected chi connectivity index (χ3v) is 3.80. The Labute approximate surface area is 126 Å². The van der Waals surface area contributed by atoms with Crippen LogP contribution in [0.5, 0.6) is 5.75 Å². The average Bonchev–Trinajstić information content (AvgIpc) is 2.46. The quantitative estimate of drug-likeness (QED) is 0.738. The van der Waals surface area contributed by atoms with Crippen molar-refractivity contribution in [3.8, 4) is 16.9 Å². The molecule has 0 unspecified atom stereocenters. The van der Waals surface area contributed by atoms with Gasteiger partial charge >= 0.3 is 0 Å². The number of aryl methyl sites for hydroxylation is 1. The molecule has 0 aliphatic carbocycles. The lowest BCUT2D eigenvalue weighted by Gasteiger charge is -2.16. The number of hydrogen-bond acceptors (Lipinski definition) is 2. The predicted octanol–water partition coefficient (Wildman–Crippen LogP) is 5.00. The molecule has 0 saturated heterocycles. The predicted molar refractivity (Wildman–Crippen MR) is 87.3 cm³/mol. The molecule has 0 aromatic heterocycles. The van der Waals surface area contributed by atoms with Crippen LogP contribution in [0.15, 0.2) is 36.4 Å². The van der Waals surface area contributed by atoms with E-state index in [9.17, 15) is 4.79 Å². The number of ether oxygens (including phenoxy) is 1. The molecule has 0 bridgehead atoms. The SMILES string of the molecule is COc1cc(C)c(-c2ccc(C(C)=O)cc2)cc1C(C)C. The van der Waals surface area contributed by atoms with E-state index in [1.165, 1.54) is 16.7 Å². The van der Waals surface area contributed by atoms with Crippen LogP contribution < -0.4 is 4.74 Å². The summed E-state index contributed by atoms with van der Waals surface area (Å²) in [6, 6.07) is 12.1. The van der Waals surface area contributed by atoms with E-state index in [2.05, 4.69) is 32.9 Å². The molecule has 0 spiro atoms. The number of Topliss-reactive ketones (excluding diaryl/α,β-unsaturated/α-hetero) is 1. The van der Waals surface area contributed by atoms with Crippen LogP contribution in [-0.4, -0.2) is 12.9 Å². The molecule has 0 fully saturated rings. The molecule has 0 heterocycles. The zero-order valence-electron chi connectivity index (χ0n) is 13.4. The normalized spacial score (nSPS) is 10.8. The van der Waals surface area contributed by atoms with Crippen LogP contribution in [0, 0.1) is 6.92 Å². The van der Waals surface area contributed by atoms with Gasteiger partial charge in [-0.1, -0.05) is 38.1 Å². The van der Waals surface area contributed by atoms with Gasteiger partial charge in [0.2, 0.25) is 0 Å². The van der Waals surface area contributed by atoms with Crippen molar-refractivity contribution >= 4 is 5.78 Å². The van der Waals surface area contributed by atoms with Gasteiger partial charge < -0.3 is 4.74 Å². The largest absolute Gasteiger partial charge is 0.496 e. The van der Waals surface area contributed by atoms with Crippen LogP contribution >= 0.6 is 0 Å². The second kappa shape index (κ2) is 6.13. The molecule has 2 aromatic carbocycles. The topological polar surface area (TPSA) is 26.3 Å². The highest BCUT2D eigenvalue weighted by Crippen LogP contribution is 2.34. The lowest BCUT2D eigenvalue weighted by Crippen LogP contribution is -1.97. The summed E-state index contributed by atoms with van der Waals surface area (Å²) < 4.78 is 5.48. The van der Waals surface area contributed by atoms with Crippen LogP contribution in [0.3, 0.4) is 0 Å². The molecule has 0 amide bonds. The maximum absolute atomic E-state index is 11.4. The molecule has 0 aliphatic rings. The van der Waals surface area contributed by atoms with Gasteiger partial charge in [-0.2, -0.15) is 0 Å². The molecular weight excluding hydrogens is 260 g/mol. The van der Waals surface area contributed by atoms with Crippen molar-refractivity contribution in [2.45, 2.75) is 33.6 Å². The molecule has 2 rings (SSSR count). The highest BCUT2D eigenvalue weighted by atomic mass is 16.5. The molecule has 21 heavy (non-hydrogen) atoms. The molecule has 2 nitrogen and oxygen atoms in total. The fourth-order valence-corrected chi connectivity index (χ4v) is 2.52. The van der Waals surface area contributed by atoms with Crippen LogP contribution in [-0.2, 0) is 0 Å². The first kappa shape index (κ1) is 15.3. The number of benzene rings is 2. The first-order chi connectivity index (χ1) is 9.93.